The lowest BCUT2D eigenvalue weighted by Crippen LogP contribution is -2.24. The molecule has 1 aromatic carbocycles. The van der Waals surface area contributed by atoms with Crippen molar-refractivity contribution in [3.63, 3.8) is 0 Å². The van der Waals surface area contributed by atoms with E-state index in [1.54, 1.807) is 35.6 Å². The first-order valence-corrected chi connectivity index (χ1v) is 10.6. The van der Waals surface area contributed by atoms with Crippen molar-refractivity contribution < 1.29 is 13.6 Å². The zero-order valence-corrected chi connectivity index (χ0v) is 18.0. The minimum Gasteiger partial charge on any atom is -0.320 e. The number of amides is 1. The molecule has 4 aromatic rings. The summed E-state index contributed by atoms with van der Waals surface area (Å²) < 4.78 is 27.0. The quantitative estimate of drug-likeness (QED) is 0.472. The summed E-state index contributed by atoms with van der Waals surface area (Å²) in [5.74, 6) is -2.95. The van der Waals surface area contributed by atoms with Crippen LogP contribution in [0.15, 0.2) is 55.0 Å². The van der Waals surface area contributed by atoms with E-state index in [9.17, 15) is 13.6 Å². The highest BCUT2D eigenvalue weighted by Crippen LogP contribution is 2.29. The molecule has 0 unspecified atom stereocenters. The Balaban J connectivity index is 1.40. The number of nitrogens with zero attached hydrogens (tertiary/aromatic N) is 4. The molecule has 4 heterocycles. The molecular weight excluding hydrogens is 426 g/mol. The van der Waals surface area contributed by atoms with Gasteiger partial charge in [0.25, 0.3) is 11.8 Å². The first kappa shape index (κ1) is 21.1. The lowest BCUT2D eigenvalue weighted by Gasteiger charge is -2.15. The number of nitrogens with one attached hydrogen (secondary N) is 2. The Morgan fingerprint density at radius 2 is 2.06 bits per heavy atom. The molecule has 7 nitrogen and oxygen atoms in total. The molecule has 168 valence electrons. The van der Waals surface area contributed by atoms with E-state index in [1.807, 2.05) is 31.2 Å². The third-order valence-electron chi connectivity index (χ3n) is 5.72. The number of H-pyrrole nitrogens is 1. The van der Waals surface area contributed by atoms with E-state index in [0.717, 1.165) is 27.9 Å². The topological polar surface area (TPSA) is 86.8 Å². The molecule has 1 aliphatic heterocycles. The fourth-order valence-electron chi connectivity index (χ4n) is 4.11. The fourth-order valence-corrected chi connectivity index (χ4v) is 4.11. The van der Waals surface area contributed by atoms with Gasteiger partial charge in [-0.05, 0) is 48.4 Å². The number of aryl methyl sites for hydroxylation is 1. The molecule has 1 amide bonds. The molecular formula is C24H22F2N6O. The summed E-state index contributed by atoms with van der Waals surface area (Å²) in [6, 6.07) is 11.1. The number of likely N-dealkylation sites (tertiary alicyclic amines) is 1. The summed E-state index contributed by atoms with van der Waals surface area (Å²) in [6.45, 7) is 2.41. The molecule has 1 fully saturated rings. The van der Waals surface area contributed by atoms with Gasteiger partial charge in [-0.25, -0.2) is 8.78 Å². The number of anilines is 1. The second-order valence-electron chi connectivity index (χ2n) is 8.37. The Kier molecular flexibility index (Phi) is 5.33. The van der Waals surface area contributed by atoms with Gasteiger partial charge in [0.05, 0.1) is 12.1 Å². The number of halogens is 2. The highest BCUT2D eigenvalue weighted by atomic mass is 19.3. The summed E-state index contributed by atoms with van der Waals surface area (Å²) in [5, 5.41) is 10.6. The number of aromatic amines is 1. The standard InChI is InChI=1S/C24H22F2N6O/c1-15-8-19(4-6-28-15)29-23(33)22-20-10-17(2-3-21(20)30-31-22)18-9-16(11-27-12-18)13-32-7-5-24(25,26)14-32/h2-4,6,8-12H,5,7,13-14H2,1H3,(H,30,31)(H,28,29,33). The Hall–Kier alpha value is -3.72. The highest BCUT2D eigenvalue weighted by molar-refractivity contribution is 6.11. The van der Waals surface area contributed by atoms with Crippen LogP contribution in [0.4, 0.5) is 14.5 Å². The number of hydrogen-bond donors (Lipinski definition) is 2. The Morgan fingerprint density at radius 1 is 1.18 bits per heavy atom. The predicted octanol–water partition coefficient (Wildman–Crippen LogP) is 4.42. The second-order valence-corrected chi connectivity index (χ2v) is 8.37. The number of rotatable bonds is 5. The number of pyridine rings is 2. The molecule has 0 atom stereocenters. The van der Waals surface area contributed by atoms with Crippen LogP contribution in [-0.4, -0.2) is 50.0 Å². The van der Waals surface area contributed by atoms with Gasteiger partial charge in [0, 0.05) is 60.4 Å². The molecule has 3 aromatic heterocycles. The van der Waals surface area contributed by atoms with Crippen molar-refractivity contribution in [3.05, 3.63) is 71.9 Å². The zero-order chi connectivity index (χ0) is 23.0. The molecule has 9 heteroatoms. The van der Waals surface area contributed by atoms with Gasteiger partial charge in [0.15, 0.2) is 5.69 Å². The van der Waals surface area contributed by atoms with Crippen molar-refractivity contribution in [3.8, 4) is 11.1 Å². The third-order valence-corrected chi connectivity index (χ3v) is 5.72. The minimum absolute atomic E-state index is 0.110. The molecule has 0 saturated carbocycles. The average Bonchev–Trinajstić information content (AvgIpc) is 3.36. The van der Waals surface area contributed by atoms with Crippen LogP contribution in [0.2, 0.25) is 0 Å². The van der Waals surface area contributed by atoms with Crippen molar-refractivity contribution in [1.29, 1.82) is 0 Å². The summed E-state index contributed by atoms with van der Waals surface area (Å²) in [5.41, 5.74) is 5.03. The van der Waals surface area contributed by atoms with Crippen LogP contribution < -0.4 is 5.32 Å². The second kappa shape index (κ2) is 8.32. The van der Waals surface area contributed by atoms with Crippen LogP contribution in [-0.2, 0) is 6.54 Å². The van der Waals surface area contributed by atoms with Crippen LogP contribution in [0.3, 0.4) is 0 Å². The Labute approximate surface area is 188 Å². The van der Waals surface area contributed by atoms with Crippen molar-refractivity contribution in [2.24, 2.45) is 0 Å². The zero-order valence-electron chi connectivity index (χ0n) is 18.0. The van der Waals surface area contributed by atoms with Gasteiger partial charge >= 0.3 is 0 Å². The molecule has 0 bridgehead atoms. The average molecular weight is 448 g/mol. The van der Waals surface area contributed by atoms with Gasteiger partial charge in [-0.15, -0.1) is 0 Å². The lowest BCUT2D eigenvalue weighted by molar-refractivity contribution is 0.0115. The van der Waals surface area contributed by atoms with E-state index in [0.29, 0.717) is 24.2 Å². The van der Waals surface area contributed by atoms with E-state index in [2.05, 4.69) is 25.5 Å². The SMILES string of the molecule is Cc1cc(NC(=O)c2n[nH]c3ccc(-c4cncc(CN5CCC(F)(F)C5)c4)cc23)ccn1. The van der Waals surface area contributed by atoms with Crippen LogP contribution in [0.5, 0.6) is 0 Å². The molecule has 0 spiro atoms. The van der Waals surface area contributed by atoms with Crippen LogP contribution in [0, 0.1) is 6.92 Å². The third kappa shape index (κ3) is 4.58. The van der Waals surface area contributed by atoms with E-state index in [1.165, 1.54) is 0 Å². The summed E-state index contributed by atoms with van der Waals surface area (Å²) in [4.78, 5) is 23.0. The van der Waals surface area contributed by atoms with Crippen LogP contribution in [0.25, 0.3) is 22.0 Å². The maximum Gasteiger partial charge on any atom is 0.276 e. The first-order chi connectivity index (χ1) is 15.9. The van der Waals surface area contributed by atoms with E-state index >= 15 is 0 Å². The van der Waals surface area contributed by atoms with Crippen molar-refractivity contribution in [1.82, 2.24) is 25.1 Å². The number of carbonyl (C=O) groups is 1. The van der Waals surface area contributed by atoms with Gasteiger partial charge in [0.2, 0.25) is 0 Å². The smallest absolute Gasteiger partial charge is 0.276 e. The molecule has 0 radical (unpaired) electrons. The number of fused-ring (bicyclic) bond motifs is 1. The van der Waals surface area contributed by atoms with Gasteiger partial charge in [0.1, 0.15) is 0 Å². The predicted molar refractivity (Wildman–Crippen MR) is 121 cm³/mol. The summed E-state index contributed by atoms with van der Waals surface area (Å²) in [6.07, 6.45) is 4.95. The van der Waals surface area contributed by atoms with Crippen molar-refractivity contribution in [2.75, 3.05) is 18.4 Å². The lowest BCUT2D eigenvalue weighted by atomic mass is 10.0. The first-order valence-electron chi connectivity index (χ1n) is 10.6. The van der Waals surface area contributed by atoms with Crippen molar-refractivity contribution >= 4 is 22.5 Å². The molecule has 33 heavy (non-hydrogen) atoms. The maximum atomic E-state index is 13.5. The largest absolute Gasteiger partial charge is 0.320 e. The Morgan fingerprint density at radius 3 is 2.85 bits per heavy atom. The fraction of sp³-hybridized carbons (Fsp3) is 0.250. The van der Waals surface area contributed by atoms with Gasteiger partial charge < -0.3 is 5.32 Å². The minimum atomic E-state index is -2.62. The molecule has 0 aliphatic carbocycles. The van der Waals surface area contributed by atoms with E-state index < -0.39 is 5.92 Å². The van der Waals surface area contributed by atoms with E-state index in [4.69, 9.17) is 0 Å². The van der Waals surface area contributed by atoms with Crippen LogP contribution >= 0.6 is 0 Å². The summed E-state index contributed by atoms with van der Waals surface area (Å²) in [7, 11) is 0. The van der Waals surface area contributed by atoms with Crippen molar-refractivity contribution in [2.45, 2.75) is 25.8 Å². The normalized spacial score (nSPS) is 15.7. The van der Waals surface area contributed by atoms with E-state index in [-0.39, 0.29) is 24.6 Å². The van der Waals surface area contributed by atoms with Gasteiger partial charge in [-0.3, -0.25) is 24.8 Å². The highest BCUT2D eigenvalue weighted by Gasteiger charge is 2.37. The molecule has 5 rings (SSSR count). The maximum absolute atomic E-state index is 13.5. The number of alkyl halides is 2. The number of aromatic nitrogens is 4. The number of hydrogen-bond acceptors (Lipinski definition) is 5. The molecule has 1 saturated heterocycles. The van der Waals surface area contributed by atoms with Gasteiger partial charge in [-0.1, -0.05) is 6.07 Å². The number of carbonyl (C=O) groups excluding carboxylic acids is 1. The van der Waals surface area contributed by atoms with Crippen LogP contribution in [0.1, 0.15) is 28.2 Å². The number of benzene rings is 1. The Bertz CT molecular complexity index is 1340. The summed E-state index contributed by atoms with van der Waals surface area (Å²) >= 11 is 0. The molecule has 1 aliphatic rings. The molecule has 2 N–H and O–H groups in total. The monoisotopic (exact) mass is 448 g/mol. The van der Waals surface area contributed by atoms with Gasteiger partial charge in [-0.2, -0.15) is 5.10 Å².